The standard InChI is InChI=1S/C22H47N3/c1-2-3-4-5-6-7-8-9-10-11-12-13-14-15-16-17-19-24-21-22-25-20-18-23/h17,19,24-25H,2-16,18,20-23H2,1H3. The zero-order valence-corrected chi connectivity index (χ0v) is 17.2. The van der Waals surface area contributed by atoms with Crippen LogP contribution in [0.5, 0.6) is 0 Å². The molecule has 0 bridgehead atoms. The van der Waals surface area contributed by atoms with Crippen molar-refractivity contribution in [2.75, 3.05) is 26.2 Å². The molecule has 150 valence electrons. The van der Waals surface area contributed by atoms with E-state index in [2.05, 4.69) is 29.8 Å². The van der Waals surface area contributed by atoms with Gasteiger partial charge in [0.15, 0.2) is 0 Å². The van der Waals surface area contributed by atoms with Gasteiger partial charge in [0, 0.05) is 26.2 Å². The van der Waals surface area contributed by atoms with Gasteiger partial charge in [0.05, 0.1) is 0 Å². The molecule has 4 N–H and O–H groups in total. The summed E-state index contributed by atoms with van der Waals surface area (Å²) >= 11 is 0. The third-order valence-corrected chi connectivity index (χ3v) is 4.73. The number of hydrogen-bond donors (Lipinski definition) is 3. The monoisotopic (exact) mass is 353 g/mol. The third-order valence-electron chi connectivity index (χ3n) is 4.73. The van der Waals surface area contributed by atoms with Crippen molar-refractivity contribution in [3.63, 3.8) is 0 Å². The van der Waals surface area contributed by atoms with Crippen molar-refractivity contribution in [3.8, 4) is 0 Å². The number of hydrogen-bond acceptors (Lipinski definition) is 3. The van der Waals surface area contributed by atoms with Crippen molar-refractivity contribution in [3.05, 3.63) is 12.3 Å². The van der Waals surface area contributed by atoms with Crippen LogP contribution in [0.25, 0.3) is 0 Å². The Balaban J connectivity index is 3.02. The first-order valence-electron chi connectivity index (χ1n) is 11.2. The van der Waals surface area contributed by atoms with Crippen molar-refractivity contribution < 1.29 is 0 Å². The van der Waals surface area contributed by atoms with Crippen LogP contribution in [0.15, 0.2) is 12.3 Å². The average molecular weight is 354 g/mol. The van der Waals surface area contributed by atoms with Crippen molar-refractivity contribution in [1.29, 1.82) is 0 Å². The molecule has 0 saturated heterocycles. The highest BCUT2D eigenvalue weighted by Crippen LogP contribution is 2.13. The Bertz CT molecular complexity index is 254. The lowest BCUT2D eigenvalue weighted by molar-refractivity contribution is 0.536. The summed E-state index contributed by atoms with van der Waals surface area (Å²) < 4.78 is 0. The third kappa shape index (κ3) is 23.5. The minimum Gasteiger partial charge on any atom is -0.390 e. The summed E-state index contributed by atoms with van der Waals surface area (Å²) in [6.45, 7) is 5.88. The molecule has 0 aliphatic rings. The predicted octanol–water partition coefficient (Wildman–Crippen LogP) is 5.51. The van der Waals surface area contributed by atoms with Crippen LogP contribution in [-0.4, -0.2) is 26.2 Å². The first kappa shape index (κ1) is 24.5. The normalized spacial score (nSPS) is 11.4. The van der Waals surface area contributed by atoms with Crippen LogP contribution in [0.3, 0.4) is 0 Å². The number of nitrogens with one attached hydrogen (secondary N) is 2. The fraction of sp³-hybridized carbons (Fsp3) is 0.909. The van der Waals surface area contributed by atoms with Gasteiger partial charge in [-0.1, -0.05) is 96.5 Å². The van der Waals surface area contributed by atoms with E-state index in [1.165, 1.54) is 96.3 Å². The summed E-state index contributed by atoms with van der Waals surface area (Å²) in [6, 6.07) is 0. The molecule has 0 aromatic heterocycles. The van der Waals surface area contributed by atoms with Crippen LogP contribution in [0.2, 0.25) is 0 Å². The number of allylic oxidation sites excluding steroid dienone is 1. The quantitative estimate of drug-likeness (QED) is 0.238. The summed E-state index contributed by atoms with van der Waals surface area (Å²) in [5, 5.41) is 6.58. The Kier molecular flexibility index (Phi) is 23.0. The van der Waals surface area contributed by atoms with Crippen molar-refractivity contribution in [1.82, 2.24) is 10.6 Å². The largest absolute Gasteiger partial charge is 0.390 e. The molecule has 0 fully saturated rings. The van der Waals surface area contributed by atoms with E-state index in [0.29, 0.717) is 0 Å². The highest BCUT2D eigenvalue weighted by Gasteiger charge is 1.93. The first-order valence-corrected chi connectivity index (χ1v) is 11.2. The van der Waals surface area contributed by atoms with Crippen LogP contribution in [0.1, 0.15) is 103 Å². The average Bonchev–Trinajstić information content (AvgIpc) is 2.63. The van der Waals surface area contributed by atoms with Gasteiger partial charge >= 0.3 is 0 Å². The molecule has 25 heavy (non-hydrogen) atoms. The Morgan fingerprint density at radius 1 is 0.640 bits per heavy atom. The molecule has 0 atom stereocenters. The van der Waals surface area contributed by atoms with E-state index in [-0.39, 0.29) is 0 Å². The van der Waals surface area contributed by atoms with Gasteiger partial charge in [0.25, 0.3) is 0 Å². The number of rotatable bonds is 21. The molecule has 0 saturated carbocycles. The van der Waals surface area contributed by atoms with E-state index in [4.69, 9.17) is 5.73 Å². The first-order chi connectivity index (χ1) is 12.4. The van der Waals surface area contributed by atoms with Gasteiger partial charge in [0.2, 0.25) is 0 Å². The van der Waals surface area contributed by atoms with Crippen LogP contribution < -0.4 is 16.4 Å². The molecule has 0 unspecified atom stereocenters. The van der Waals surface area contributed by atoms with Gasteiger partial charge in [-0.2, -0.15) is 0 Å². The summed E-state index contributed by atoms with van der Waals surface area (Å²) in [4.78, 5) is 0. The van der Waals surface area contributed by atoms with Gasteiger partial charge in [0.1, 0.15) is 0 Å². The van der Waals surface area contributed by atoms with E-state index < -0.39 is 0 Å². The highest BCUT2D eigenvalue weighted by molar-refractivity contribution is 4.79. The Hall–Kier alpha value is -0.540. The summed E-state index contributed by atoms with van der Waals surface area (Å²) in [6.07, 6.45) is 25.6. The molecular weight excluding hydrogens is 306 g/mol. The predicted molar refractivity (Wildman–Crippen MR) is 114 cm³/mol. The molecule has 0 rings (SSSR count). The van der Waals surface area contributed by atoms with Crippen LogP contribution >= 0.6 is 0 Å². The van der Waals surface area contributed by atoms with Gasteiger partial charge in [-0.3, -0.25) is 0 Å². The maximum atomic E-state index is 5.42. The fourth-order valence-corrected chi connectivity index (χ4v) is 3.09. The molecule has 0 heterocycles. The smallest absolute Gasteiger partial charge is 0.0266 e. The lowest BCUT2D eigenvalue weighted by atomic mass is 10.0. The summed E-state index contributed by atoms with van der Waals surface area (Å²) in [5.41, 5.74) is 5.42. The topological polar surface area (TPSA) is 50.1 Å². The highest BCUT2D eigenvalue weighted by atomic mass is 14.9. The zero-order chi connectivity index (χ0) is 18.3. The Morgan fingerprint density at radius 3 is 1.68 bits per heavy atom. The van der Waals surface area contributed by atoms with Gasteiger partial charge in [-0.15, -0.1) is 0 Å². The number of unbranched alkanes of at least 4 members (excludes halogenated alkanes) is 14. The molecular formula is C22H47N3. The van der Waals surface area contributed by atoms with E-state index in [1.807, 2.05) is 0 Å². The summed E-state index contributed by atoms with van der Waals surface area (Å²) in [7, 11) is 0. The molecule has 0 amide bonds. The second-order valence-corrected chi connectivity index (χ2v) is 7.28. The summed E-state index contributed by atoms with van der Waals surface area (Å²) in [5.74, 6) is 0. The lowest BCUT2D eigenvalue weighted by Crippen LogP contribution is -2.28. The van der Waals surface area contributed by atoms with Crippen molar-refractivity contribution in [2.24, 2.45) is 5.73 Å². The molecule has 3 nitrogen and oxygen atoms in total. The Labute approximate surface area is 158 Å². The zero-order valence-electron chi connectivity index (χ0n) is 17.2. The van der Waals surface area contributed by atoms with Crippen molar-refractivity contribution >= 4 is 0 Å². The molecule has 0 aromatic rings. The second kappa shape index (κ2) is 23.5. The minimum absolute atomic E-state index is 0.717. The maximum absolute atomic E-state index is 5.42. The lowest BCUT2D eigenvalue weighted by Gasteiger charge is -2.03. The van der Waals surface area contributed by atoms with E-state index in [0.717, 1.165) is 26.2 Å². The molecule has 0 aromatic carbocycles. The van der Waals surface area contributed by atoms with Gasteiger partial charge < -0.3 is 16.4 Å². The van der Waals surface area contributed by atoms with E-state index in [1.54, 1.807) is 0 Å². The molecule has 0 spiro atoms. The Morgan fingerprint density at radius 2 is 1.16 bits per heavy atom. The van der Waals surface area contributed by atoms with Crippen LogP contribution in [-0.2, 0) is 0 Å². The van der Waals surface area contributed by atoms with Crippen LogP contribution in [0.4, 0.5) is 0 Å². The molecule has 3 heteroatoms. The molecule has 0 aliphatic heterocycles. The number of nitrogens with two attached hydrogens (primary N) is 1. The SMILES string of the molecule is CCCCCCCCCCCCCCCCC=CNCCNCCN. The maximum Gasteiger partial charge on any atom is 0.0266 e. The van der Waals surface area contributed by atoms with Gasteiger partial charge in [-0.05, 0) is 19.0 Å². The van der Waals surface area contributed by atoms with Crippen molar-refractivity contribution in [2.45, 2.75) is 103 Å². The van der Waals surface area contributed by atoms with E-state index in [9.17, 15) is 0 Å². The van der Waals surface area contributed by atoms with E-state index >= 15 is 0 Å². The molecule has 0 aliphatic carbocycles. The minimum atomic E-state index is 0.717. The van der Waals surface area contributed by atoms with Gasteiger partial charge in [-0.25, -0.2) is 0 Å². The fourth-order valence-electron chi connectivity index (χ4n) is 3.09. The molecule has 0 radical (unpaired) electrons. The second-order valence-electron chi connectivity index (χ2n) is 7.28. The van der Waals surface area contributed by atoms with Crippen LogP contribution in [0, 0.1) is 0 Å².